The standard InChI is InChI=1S/C17H27BN2O8S/c1-11(2)9-14(19-16(22)27-17(3,4)5)15(21)20-29(25,26)13-8-6-7-12(10-13)28-18(23)24/h6-8,10-11,14,23-24H,9H2,1-5H3,(H,19,22)(H,20,21)/t14-/m0/s1. The molecular weight excluding hydrogens is 403 g/mol. The van der Waals surface area contributed by atoms with Crippen LogP contribution in [0.2, 0.25) is 0 Å². The number of hydrogen-bond acceptors (Lipinski definition) is 8. The summed E-state index contributed by atoms with van der Waals surface area (Å²) in [5.74, 6) is -1.08. The first-order valence-electron chi connectivity index (χ1n) is 8.88. The lowest BCUT2D eigenvalue weighted by Gasteiger charge is -2.24. The van der Waals surface area contributed by atoms with Crippen LogP contribution in [0.5, 0.6) is 5.75 Å². The molecule has 0 radical (unpaired) electrons. The molecule has 0 bridgehead atoms. The zero-order valence-corrected chi connectivity index (χ0v) is 17.8. The largest absolute Gasteiger partial charge is 0.707 e. The molecule has 0 aliphatic heterocycles. The molecule has 29 heavy (non-hydrogen) atoms. The molecule has 0 saturated carbocycles. The minimum atomic E-state index is -4.30. The van der Waals surface area contributed by atoms with Gasteiger partial charge in [-0.15, -0.1) is 0 Å². The molecule has 0 aromatic heterocycles. The normalized spacial score (nSPS) is 12.8. The van der Waals surface area contributed by atoms with Crippen molar-refractivity contribution in [3.63, 3.8) is 0 Å². The minimum absolute atomic E-state index is 0.0221. The molecule has 0 heterocycles. The van der Waals surface area contributed by atoms with Crippen molar-refractivity contribution in [3.8, 4) is 5.75 Å². The second-order valence-electron chi connectivity index (χ2n) is 7.72. The molecule has 2 amide bonds. The lowest BCUT2D eigenvalue weighted by atomic mass is 10.0. The molecule has 0 fully saturated rings. The molecule has 0 aliphatic carbocycles. The summed E-state index contributed by atoms with van der Waals surface area (Å²) in [6.45, 7) is 8.60. The first kappa shape index (κ1) is 24.7. The number of alkyl carbamates (subject to hydrolysis) is 1. The maximum atomic E-state index is 12.6. The molecule has 0 spiro atoms. The Balaban J connectivity index is 2.98. The average molecular weight is 430 g/mol. The van der Waals surface area contributed by atoms with Gasteiger partial charge in [0.05, 0.1) is 4.90 Å². The number of amides is 2. The van der Waals surface area contributed by atoms with E-state index in [4.69, 9.17) is 14.8 Å². The van der Waals surface area contributed by atoms with Gasteiger partial charge in [-0.1, -0.05) is 19.9 Å². The number of carbonyl (C=O) groups is 2. The number of carbonyl (C=O) groups excluding carboxylic acids is 2. The topological polar surface area (TPSA) is 151 Å². The molecule has 162 valence electrons. The molecule has 12 heteroatoms. The third kappa shape index (κ3) is 9.16. The minimum Gasteiger partial charge on any atom is -0.512 e. The Morgan fingerprint density at radius 2 is 1.83 bits per heavy atom. The van der Waals surface area contributed by atoms with Gasteiger partial charge in [0.25, 0.3) is 15.9 Å². The second kappa shape index (κ2) is 9.94. The first-order valence-corrected chi connectivity index (χ1v) is 10.4. The van der Waals surface area contributed by atoms with Crippen molar-refractivity contribution < 1.29 is 37.4 Å². The fourth-order valence-corrected chi connectivity index (χ4v) is 3.31. The molecule has 1 rings (SSSR count). The van der Waals surface area contributed by atoms with Crippen LogP contribution in [0.3, 0.4) is 0 Å². The van der Waals surface area contributed by atoms with Crippen LogP contribution in [0.15, 0.2) is 29.2 Å². The van der Waals surface area contributed by atoms with Gasteiger partial charge in [-0.2, -0.15) is 0 Å². The fraction of sp³-hybridized carbons (Fsp3) is 0.529. The highest BCUT2D eigenvalue weighted by atomic mass is 32.2. The van der Waals surface area contributed by atoms with Gasteiger partial charge >= 0.3 is 13.4 Å². The number of nitrogens with one attached hydrogen (secondary N) is 2. The van der Waals surface area contributed by atoms with E-state index in [0.29, 0.717) is 0 Å². The Bertz CT molecular complexity index is 821. The molecule has 0 unspecified atom stereocenters. The van der Waals surface area contributed by atoms with E-state index in [1.807, 2.05) is 18.6 Å². The highest BCUT2D eigenvalue weighted by Gasteiger charge is 2.29. The van der Waals surface area contributed by atoms with E-state index in [1.54, 1.807) is 20.8 Å². The molecule has 1 atom stereocenters. The highest BCUT2D eigenvalue weighted by Crippen LogP contribution is 2.18. The molecular formula is C17H27BN2O8S. The fourth-order valence-electron chi connectivity index (χ4n) is 2.25. The summed E-state index contributed by atoms with van der Waals surface area (Å²) in [7, 11) is -6.43. The van der Waals surface area contributed by atoms with Gasteiger partial charge in [0, 0.05) is 0 Å². The zero-order chi connectivity index (χ0) is 22.4. The van der Waals surface area contributed by atoms with Crippen molar-refractivity contribution in [2.24, 2.45) is 5.92 Å². The van der Waals surface area contributed by atoms with Crippen LogP contribution >= 0.6 is 0 Å². The van der Waals surface area contributed by atoms with E-state index in [9.17, 15) is 18.0 Å². The lowest BCUT2D eigenvalue weighted by molar-refractivity contribution is -0.121. The maximum absolute atomic E-state index is 12.6. The number of rotatable bonds is 8. The molecule has 0 saturated heterocycles. The Hall–Kier alpha value is -2.31. The van der Waals surface area contributed by atoms with Gasteiger partial charge < -0.3 is 24.8 Å². The molecule has 0 aliphatic rings. The third-order valence-corrected chi connectivity index (χ3v) is 4.65. The molecule has 4 N–H and O–H groups in total. The Labute approximate surface area is 170 Å². The summed E-state index contributed by atoms with van der Waals surface area (Å²) < 4.78 is 36.7. The van der Waals surface area contributed by atoms with Crippen LogP contribution in [0, 0.1) is 5.92 Å². The van der Waals surface area contributed by atoms with Crippen LogP contribution < -0.4 is 14.7 Å². The summed E-state index contributed by atoms with van der Waals surface area (Å²) in [4.78, 5) is 24.2. The van der Waals surface area contributed by atoms with Crippen molar-refractivity contribution in [2.45, 2.75) is 57.6 Å². The van der Waals surface area contributed by atoms with Gasteiger partial charge in [-0.3, -0.25) is 4.79 Å². The zero-order valence-electron chi connectivity index (χ0n) is 17.0. The first-order chi connectivity index (χ1) is 13.2. The van der Waals surface area contributed by atoms with Gasteiger partial charge in [0.1, 0.15) is 17.4 Å². The van der Waals surface area contributed by atoms with Crippen LogP contribution in [0.25, 0.3) is 0 Å². The van der Waals surface area contributed by atoms with Gasteiger partial charge in [-0.05, 0) is 51.3 Å². The number of ether oxygens (including phenoxy) is 1. The van der Waals surface area contributed by atoms with E-state index in [1.165, 1.54) is 18.2 Å². The monoisotopic (exact) mass is 430 g/mol. The smallest absolute Gasteiger partial charge is 0.512 e. The highest BCUT2D eigenvalue weighted by molar-refractivity contribution is 7.90. The number of benzene rings is 1. The van der Waals surface area contributed by atoms with E-state index in [0.717, 1.165) is 6.07 Å². The Kier molecular flexibility index (Phi) is 8.48. The van der Waals surface area contributed by atoms with E-state index in [2.05, 4.69) is 9.97 Å². The van der Waals surface area contributed by atoms with Gasteiger partial charge in [0.2, 0.25) is 0 Å². The van der Waals surface area contributed by atoms with Crippen molar-refractivity contribution in [2.75, 3.05) is 0 Å². The summed E-state index contributed by atoms with van der Waals surface area (Å²) >= 11 is 0. The number of sulfonamides is 1. The quantitative estimate of drug-likeness (QED) is 0.442. The predicted octanol–water partition coefficient (Wildman–Crippen LogP) is 0.779. The van der Waals surface area contributed by atoms with Crippen LogP contribution in [0.4, 0.5) is 4.79 Å². The SMILES string of the molecule is CC(C)C[C@H](NC(=O)OC(C)(C)C)C(=O)NS(=O)(=O)c1cccc(OB(O)O)c1. The molecule has 1 aromatic carbocycles. The average Bonchev–Trinajstić information content (AvgIpc) is 2.51. The van der Waals surface area contributed by atoms with E-state index >= 15 is 0 Å². The predicted molar refractivity (Wildman–Crippen MR) is 105 cm³/mol. The van der Waals surface area contributed by atoms with Gasteiger partial charge in [-0.25, -0.2) is 17.9 Å². The maximum Gasteiger partial charge on any atom is 0.707 e. The second-order valence-corrected chi connectivity index (χ2v) is 9.40. The summed E-state index contributed by atoms with van der Waals surface area (Å²) in [5, 5.41) is 20.0. The summed E-state index contributed by atoms with van der Waals surface area (Å²) in [6, 6.07) is 3.70. The third-order valence-electron chi connectivity index (χ3n) is 3.31. The van der Waals surface area contributed by atoms with E-state index in [-0.39, 0.29) is 23.0 Å². The van der Waals surface area contributed by atoms with Crippen molar-refractivity contribution >= 4 is 29.3 Å². The van der Waals surface area contributed by atoms with Crippen LogP contribution in [-0.4, -0.2) is 49.4 Å². The van der Waals surface area contributed by atoms with Crippen LogP contribution in [-0.2, 0) is 19.6 Å². The lowest BCUT2D eigenvalue weighted by Crippen LogP contribution is -2.50. The summed E-state index contributed by atoms with van der Waals surface area (Å²) in [6.07, 6.45) is -0.663. The van der Waals surface area contributed by atoms with Crippen molar-refractivity contribution in [3.05, 3.63) is 24.3 Å². The molecule has 1 aromatic rings. The number of hydrogen-bond donors (Lipinski definition) is 4. The summed E-state index contributed by atoms with van der Waals surface area (Å²) in [5.41, 5.74) is -0.785. The van der Waals surface area contributed by atoms with Crippen molar-refractivity contribution in [1.82, 2.24) is 10.0 Å². The van der Waals surface area contributed by atoms with E-state index < -0.39 is 41.0 Å². The van der Waals surface area contributed by atoms with Crippen LogP contribution in [0.1, 0.15) is 41.0 Å². The Morgan fingerprint density at radius 3 is 2.34 bits per heavy atom. The Morgan fingerprint density at radius 1 is 1.21 bits per heavy atom. The molecule has 10 nitrogen and oxygen atoms in total. The van der Waals surface area contributed by atoms with Gasteiger partial charge in [0.15, 0.2) is 0 Å². The van der Waals surface area contributed by atoms with Crippen molar-refractivity contribution in [1.29, 1.82) is 0 Å².